The largest absolute Gasteiger partial charge is 0.483 e. The maximum atomic E-state index is 12.8. The predicted molar refractivity (Wildman–Crippen MR) is 128 cm³/mol. The Labute approximate surface area is 197 Å². The summed E-state index contributed by atoms with van der Waals surface area (Å²) in [7, 11) is -3.78. The van der Waals surface area contributed by atoms with E-state index in [4.69, 9.17) is 27.9 Å². The molecule has 6 nitrogen and oxygen atoms in total. The van der Waals surface area contributed by atoms with Gasteiger partial charge in [-0.25, -0.2) is 8.42 Å². The monoisotopic (exact) mass is 492 g/mol. The number of carbonyl (C=O) groups is 1. The molecule has 0 bridgehead atoms. The Morgan fingerprint density at radius 2 is 1.59 bits per heavy atom. The van der Waals surface area contributed by atoms with Gasteiger partial charge in [-0.2, -0.15) is 0 Å². The molecule has 0 radical (unpaired) electrons. The summed E-state index contributed by atoms with van der Waals surface area (Å²) >= 11 is 12.1. The summed E-state index contributed by atoms with van der Waals surface area (Å²) in [6.07, 6.45) is 0. The molecule has 1 amide bonds. The second-order valence-corrected chi connectivity index (χ2v) is 9.76. The summed E-state index contributed by atoms with van der Waals surface area (Å²) < 4.78 is 33.6. The Morgan fingerprint density at radius 1 is 0.906 bits per heavy atom. The first-order valence-electron chi connectivity index (χ1n) is 9.64. The molecule has 3 aromatic rings. The molecule has 9 heteroatoms. The first-order chi connectivity index (χ1) is 15.1. The number of sulfonamides is 1. The molecule has 0 aliphatic rings. The van der Waals surface area contributed by atoms with E-state index in [1.165, 1.54) is 18.2 Å². The molecule has 168 valence electrons. The van der Waals surface area contributed by atoms with Gasteiger partial charge in [0.1, 0.15) is 5.75 Å². The number of nitrogens with one attached hydrogen (secondary N) is 2. The highest BCUT2D eigenvalue weighted by Gasteiger charge is 2.17. The van der Waals surface area contributed by atoms with Crippen LogP contribution in [0.2, 0.25) is 10.0 Å². The minimum Gasteiger partial charge on any atom is -0.483 e. The van der Waals surface area contributed by atoms with Crippen LogP contribution in [0, 0.1) is 20.8 Å². The van der Waals surface area contributed by atoms with Crippen LogP contribution in [0.1, 0.15) is 16.7 Å². The fourth-order valence-electron chi connectivity index (χ4n) is 2.91. The lowest BCUT2D eigenvalue weighted by Gasteiger charge is -2.13. The molecule has 0 aromatic heterocycles. The fraction of sp³-hybridized carbons (Fsp3) is 0.174. The van der Waals surface area contributed by atoms with Gasteiger partial charge in [-0.3, -0.25) is 9.52 Å². The molecule has 3 rings (SSSR count). The summed E-state index contributed by atoms with van der Waals surface area (Å²) in [6, 6.07) is 14.7. The molecule has 0 atom stereocenters. The molecule has 0 fully saturated rings. The molecule has 0 unspecified atom stereocenters. The summed E-state index contributed by atoms with van der Waals surface area (Å²) in [4.78, 5) is 12.3. The smallest absolute Gasteiger partial charge is 0.262 e. The normalized spacial score (nSPS) is 11.2. The van der Waals surface area contributed by atoms with Crippen molar-refractivity contribution in [1.29, 1.82) is 0 Å². The number of benzene rings is 3. The van der Waals surface area contributed by atoms with E-state index >= 15 is 0 Å². The molecular weight excluding hydrogens is 471 g/mol. The average molecular weight is 493 g/mol. The number of hydrogen-bond donors (Lipinski definition) is 2. The van der Waals surface area contributed by atoms with Crippen LogP contribution in [-0.4, -0.2) is 20.9 Å². The van der Waals surface area contributed by atoms with Crippen molar-refractivity contribution in [3.8, 4) is 5.75 Å². The third-order valence-corrected chi connectivity index (χ3v) is 6.81. The molecule has 32 heavy (non-hydrogen) atoms. The SMILES string of the molecule is Cc1ccc(NS(=O)(=O)c2ccc(OCC(=O)Nc3c(Cl)cccc3Cl)c(C)c2)cc1C. The second-order valence-electron chi connectivity index (χ2n) is 7.27. The van der Waals surface area contributed by atoms with Gasteiger partial charge in [0.25, 0.3) is 15.9 Å². The van der Waals surface area contributed by atoms with Crippen LogP contribution in [0.25, 0.3) is 0 Å². The third-order valence-electron chi connectivity index (χ3n) is 4.80. The number of ether oxygens (including phenoxy) is 1. The Bertz CT molecular complexity index is 1260. The summed E-state index contributed by atoms with van der Waals surface area (Å²) in [6.45, 7) is 5.28. The van der Waals surface area contributed by atoms with Crippen LogP contribution in [0.15, 0.2) is 59.5 Å². The summed E-state index contributed by atoms with van der Waals surface area (Å²) in [5.41, 5.74) is 3.42. The Kier molecular flexibility index (Phi) is 7.33. The average Bonchev–Trinajstić information content (AvgIpc) is 2.72. The number of hydrogen-bond acceptors (Lipinski definition) is 4. The van der Waals surface area contributed by atoms with Gasteiger partial charge < -0.3 is 10.1 Å². The van der Waals surface area contributed by atoms with Gasteiger partial charge >= 0.3 is 0 Å². The van der Waals surface area contributed by atoms with Crippen LogP contribution in [0.5, 0.6) is 5.75 Å². The van der Waals surface area contributed by atoms with E-state index < -0.39 is 15.9 Å². The van der Waals surface area contributed by atoms with Gasteiger partial charge in [0.05, 0.1) is 20.6 Å². The van der Waals surface area contributed by atoms with Gasteiger partial charge in [-0.05, 0) is 79.9 Å². The number of carbonyl (C=O) groups excluding carboxylic acids is 1. The van der Waals surface area contributed by atoms with Crippen LogP contribution < -0.4 is 14.8 Å². The molecule has 3 aromatic carbocycles. The summed E-state index contributed by atoms with van der Waals surface area (Å²) in [5.74, 6) is -0.0666. The van der Waals surface area contributed by atoms with E-state index in [1.54, 1.807) is 37.3 Å². The van der Waals surface area contributed by atoms with Crippen molar-refractivity contribution < 1.29 is 17.9 Å². The molecule has 0 spiro atoms. The zero-order valence-electron chi connectivity index (χ0n) is 17.7. The van der Waals surface area contributed by atoms with E-state index in [1.807, 2.05) is 19.9 Å². The number of anilines is 2. The quantitative estimate of drug-likeness (QED) is 0.440. The van der Waals surface area contributed by atoms with Gasteiger partial charge in [0.2, 0.25) is 0 Å². The van der Waals surface area contributed by atoms with Crippen LogP contribution >= 0.6 is 23.2 Å². The van der Waals surface area contributed by atoms with Crippen molar-refractivity contribution in [3.63, 3.8) is 0 Å². The van der Waals surface area contributed by atoms with Crippen molar-refractivity contribution in [2.24, 2.45) is 0 Å². The standard InChI is InChI=1S/C23H22Cl2N2O4S/c1-14-7-8-17(11-15(14)2)27-32(29,30)18-9-10-21(16(3)12-18)31-13-22(28)26-23-19(24)5-4-6-20(23)25/h4-12,27H,13H2,1-3H3,(H,26,28). The third kappa shape index (κ3) is 5.73. The zero-order valence-corrected chi connectivity index (χ0v) is 20.0. The molecular formula is C23H22Cl2N2O4S. The number of para-hydroxylation sites is 1. The lowest BCUT2D eigenvalue weighted by molar-refractivity contribution is -0.118. The van der Waals surface area contributed by atoms with Crippen molar-refractivity contribution in [2.75, 3.05) is 16.6 Å². The van der Waals surface area contributed by atoms with Crippen molar-refractivity contribution in [1.82, 2.24) is 0 Å². The predicted octanol–water partition coefficient (Wildman–Crippen LogP) is 5.74. The molecule has 0 aliphatic carbocycles. The summed E-state index contributed by atoms with van der Waals surface area (Å²) in [5, 5.41) is 3.23. The molecule has 2 N–H and O–H groups in total. The van der Waals surface area contributed by atoms with E-state index in [9.17, 15) is 13.2 Å². The zero-order chi connectivity index (χ0) is 23.5. The van der Waals surface area contributed by atoms with E-state index in [0.717, 1.165) is 11.1 Å². The first kappa shape index (κ1) is 23.9. The lowest BCUT2D eigenvalue weighted by Crippen LogP contribution is -2.21. The highest BCUT2D eigenvalue weighted by Crippen LogP contribution is 2.30. The molecule has 0 saturated carbocycles. The van der Waals surface area contributed by atoms with Crippen LogP contribution in [0.3, 0.4) is 0 Å². The Hall–Kier alpha value is -2.74. The fourth-order valence-corrected chi connectivity index (χ4v) is 4.53. The van der Waals surface area contributed by atoms with Gasteiger partial charge in [0.15, 0.2) is 6.61 Å². The van der Waals surface area contributed by atoms with Gasteiger partial charge in [-0.1, -0.05) is 35.3 Å². The molecule has 0 heterocycles. The number of aryl methyl sites for hydroxylation is 3. The lowest BCUT2D eigenvalue weighted by atomic mass is 10.1. The number of halogens is 2. The Morgan fingerprint density at radius 3 is 2.22 bits per heavy atom. The van der Waals surface area contributed by atoms with Crippen molar-refractivity contribution >= 4 is 50.5 Å². The maximum absolute atomic E-state index is 12.8. The minimum absolute atomic E-state index is 0.0906. The highest BCUT2D eigenvalue weighted by atomic mass is 35.5. The van der Waals surface area contributed by atoms with E-state index in [2.05, 4.69) is 10.0 Å². The molecule has 0 aliphatic heterocycles. The second kappa shape index (κ2) is 9.81. The van der Waals surface area contributed by atoms with Crippen LogP contribution in [-0.2, 0) is 14.8 Å². The minimum atomic E-state index is -3.78. The maximum Gasteiger partial charge on any atom is 0.262 e. The number of amides is 1. The van der Waals surface area contributed by atoms with Crippen molar-refractivity contribution in [2.45, 2.75) is 25.7 Å². The molecule has 0 saturated heterocycles. The Balaban J connectivity index is 1.68. The number of rotatable bonds is 7. The topological polar surface area (TPSA) is 84.5 Å². The highest BCUT2D eigenvalue weighted by molar-refractivity contribution is 7.92. The van der Waals surface area contributed by atoms with Crippen molar-refractivity contribution in [3.05, 3.63) is 81.3 Å². The van der Waals surface area contributed by atoms with E-state index in [-0.39, 0.29) is 11.5 Å². The van der Waals surface area contributed by atoms with Gasteiger partial charge in [-0.15, -0.1) is 0 Å². The first-order valence-corrected chi connectivity index (χ1v) is 11.9. The van der Waals surface area contributed by atoms with Gasteiger partial charge in [0, 0.05) is 5.69 Å². The van der Waals surface area contributed by atoms with E-state index in [0.29, 0.717) is 32.7 Å². The van der Waals surface area contributed by atoms with Crippen LogP contribution in [0.4, 0.5) is 11.4 Å².